The molecule has 1 aliphatic carbocycles. The molecule has 0 aromatic heterocycles. The van der Waals surface area contributed by atoms with Crippen molar-refractivity contribution in [1.82, 2.24) is 5.32 Å². The molecule has 0 fully saturated rings. The van der Waals surface area contributed by atoms with E-state index in [0.29, 0.717) is 47.1 Å². The van der Waals surface area contributed by atoms with Crippen molar-refractivity contribution in [2.24, 2.45) is 0 Å². The summed E-state index contributed by atoms with van der Waals surface area (Å²) in [5, 5.41) is 4.06. The zero-order valence-corrected chi connectivity index (χ0v) is 21.8. The average molecular weight is 512 g/mol. The van der Waals surface area contributed by atoms with E-state index in [9.17, 15) is 9.59 Å². The third-order valence-corrected chi connectivity index (χ3v) is 7.62. The number of hydrogen-bond donors (Lipinski definition) is 1. The number of dihydropyridines is 1. The summed E-state index contributed by atoms with van der Waals surface area (Å²) in [5.74, 6) is 1.44. The first kappa shape index (κ1) is 25.4. The Morgan fingerprint density at radius 2 is 1.89 bits per heavy atom. The number of ketones is 1. The van der Waals surface area contributed by atoms with Gasteiger partial charge in [0.05, 0.1) is 18.6 Å². The number of allylic oxidation sites excluding steroid dienone is 3. The monoisotopic (exact) mass is 511 g/mol. The molecule has 1 aliphatic heterocycles. The Balaban J connectivity index is 1.74. The number of rotatable bonds is 8. The van der Waals surface area contributed by atoms with Crippen LogP contribution in [0, 0.1) is 0 Å². The molecule has 0 radical (unpaired) electrons. The minimum Gasteiger partial charge on any atom is -0.496 e. The summed E-state index contributed by atoms with van der Waals surface area (Å²) >= 11 is 7.79. The molecule has 2 atom stereocenters. The molecule has 2 unspecified atom stereocenters. The minimum absolute atomic E-state index is 0.0222. The number of benzene rings is 2. The highest BCUT2D eigenvalue weighted by molar-refractivity contribution is 7.99. The van der Waals surface area contributed by atoms with E-state index in [4.69, 9.17) is 21.1 Å². The van der Waals surface area contributed by atoms with E-state index < -0.39 is 11.9 Å². The molecular weight excluding hydrogens is 482 g/mol. The average Bonchev–Trinajstić information content (AvgIpc) is 2.86. The van der Waals surface area contributed by atoms with Crippen molar-refractivity contribution in [1.29, 1.82) is 0 Å². The van der Waals surface area contributed by atoms with Crippen molar-refractivity contribution in [3.05, 3.63) is 87.2 Å². The molecule has 184 valence electrons. The summed E-state index contributed by atoms with van der Waals surface area (Å²) in [6.07, 6.45) is 1.03. The Bertz CT molecular complexity index is 1170. The second-order valence-corrected chi connectivity index (χ2v) is 10.5. The molecule has 2 aliphatic rings. The maximum Gasteiger partial charge on any atom is 0.336 e. The fourth-order valence-corrected chi connectivity index (χ4v) is 5.53. The molecule has 5 nitrogen and oxygen atoms in total. The minimum atomic E-state index is -0.549. The summed E-state index contributed by atoms with van der Waals surface area (Å²) in [6.45, 7) is 4.27. The molecule has 0 saturated carbocycles. The number of Topliss-reactive ketones (excluding diaryl/α,β-unsaturated/α-hetero) is 1. The Labute approximate surface area is 215 Å². The number of hydrogen-bond acceptors (Lipinski definition) is 6. The number of halogens is 1. The number of esters is 1. The maximum absolute atomic E-state index is 13.7. The normalized spacial score (nSPS) is 19.8. The summed E-state index contributed by atoms with van der Waals surface area (Å²) in [6, 6.07) is 15.2. The van der Waals surface area contributed by atoms with Gasteiger partial charge in [0.1, 0.15) is 12.4 Å². The van der Waals surface area contributed by atoms with E-state index in [-0.39, 0.29) is 11.7 Å². The van der Waals surface area contributed by atoms with Crippen molar-refractivity contribution in [3.63, 3.8) is 0 Å². The Morgan fingerprint density at radius 3 is 2.60 bits per heavy atom. The van der Waals surface area contributed by atoms with Gasteiger partial charge in [-0.1, -0.05) is 48.9 Å². The fourth-order valence-electron chi connectivity index (χ4n) is 4.91. The van der Waals surface area contributed by atoms with Gasteiger partial charge in [-0.2, -0.15) is 11.8 Å². The SMILES string of the molecule is CCSCCOC(=O)C1=C(C)NC2=C(C(=O)CC(c3ccc(Cl)cc3)C2)C1c1ccccc1OC. The first-order chi connectivity index (χ1) is 16.9. The summed E-state index contributed by atoms with van der Waals surface area (Å²) in [4.78, 5) is 27.0. The molecule has 0 saturated heterocycles. The van der Waals surface area contributed by atoms with Gasteiger partial charge in [0, 0.05) is 39.7 Å². The Kier molecular flexibility index (Phi) is 8.24. The van der Waals surface area contributed by atoms with Gasteiger partial charge in [-0.3, -0.25) is 4.79 Å². The molecule has 2 aromatic rings. The zero-order valence-electron chi connectivity index (χ0n) is 20.2. The van der Waals surface area contributed by atoms with Gasteiger partial charge in [0.25, 0.3) is 0 Å². The number of carbonyl (C=O) groups is 2. The second kappa shape index (κ2) is 11.4. The number of nitrogens with one attached hydrogen (secondary N) is 1. The van der Waals surface area contributed by atoms with Gasteiger partial charge < -0.3 is 14.8 Å². The molecule has 2 aromatic carbocycles. The predicted octanol–water partition coefficient (Wildman–Crippen LogP) is 6.01. The van der Waals surface area contributed by atoms with Crippen molar-refractivity contribution < 1.29 is 19.1 Å². The largest absolute Gasteiger partial charge is 0.496 e. The van der Waals surface area contributed by atoms with E-state index >= 15 is 0 Å². The van der Waals surface area contributed by atoms with E-state index in [0.717, 1.165) is 28.3 Å². The van der Waals surface area contributed by atoms with Gasteiger partial charge in [-0.05, 0) is 48.8 Å². The first-order valence-electron chi connectivity index (χ1n) is 11.8. The Morgan fingerprint density at radius 1 is 1.14 bits per heavy atom. The topological polar surface area (TPSA) is 64.6 Å². The summed E-state index contributed by atoms with van der Waals surface area (Å²) < 4.78 is 11.3. The van der Waals surface area contributed by atoms with Crippen LogP contribution in [0.25, 0.3) is 0 Å². The molecule has 1 heterocycles. The van der Waals surface area contributed by atoms with Crippen molar-refractivity contribution in [2.75, 3.05) is 25.2 Å². The van der Waals surface area contributed by atoms with Gasteiger partial charge >= 0.3 is 5.97 Å². The van der Waals surface area contributed by atoms with E-state index in [1.54, 1.807) is 18.9 Å². The molecule has 35 heavy (non-hydrogen) atoms. The molecule has 1 N–H and O–H groups in total. The third kappa shape index (κ3) is 5.44. The lowest BCUT2D eigenvalue weighted by molar-refractivity contribution is -0.138. The van der Waals surface area contributed by atoms with Crippen LogP contribution < -0.4 is 10.1 Å². The number of ether oxygens (including phenoxy) is 2. The van der Waals surface area contributed by atoms with E-state index in [2.05, 4.69) is 12.2 Å². The lowest BCUT2D eigenvalue weighted by atomic mass is 9.71. The van der Waals surface area contributed by atoms with Crippen LogP contribution in [0.2, 0.25) is 5.02 Å². The standard InChI is InChI=1S/C28H30ClNO4S/c1-4-35-14-13-34-28(32)25-17(2)30-22-15-19(18-9-11-20(29)12-10-18)16-23(31)27(22)26(25)21-7-5-6-8-24(21)33-3/h5-12,19,26,30H,4,13-16H2,1-3H3. The van der Waals surface area contributed by atoms with Gasteiger partial charge in [0.2, 0.25) is 0 Å². The molecule has 0 spiro atoms. The van der Waals surface area contributed by atoms with Crippen LogP contribution in [-0.2, 0) is 14.3 Å². The van der Waals surface area contributed by atoms with Crippen molar-refractivity contribution >= 4 is 35.1 Å². The molecule has 4 rings (SSSR count). The fraction of sp³-hybridized carbons (Fsp3) is 0.357. The van der Waals surface area contributed by atoms with Crippen LogP contribution in [0.5, 0.6) is 5.75 Å². The molecular formula is C28H30ClNO4S. The molecule has 0 amide bonds. The van der Waals surface area contributed by atoms with Crippen molar-refractivity contribution in [2.45, 2.75) is 38.5 Å². The van der Waals surface area contributed by atoms with Crippen molar-refractivity contribution in [3.8, 4) is 5.75 Å². The number of thioether (sulfide) groups is 1. The van der Waals surface area contributed by atoms with Crippen LogP contribution in [0.4, 0.5) is 0 Å². The summed E-state index contributed by atoms with van der Waals surface area (Å²) in [7, 11) is 1.60. The Hall–Kier alpha value is -2.70. The van der Waals surface area contributed by atoms with E-state index in [1.807, 2.05) is 55.5 Å². The van der Waals surface area contributed by atoms with E-state index in [1.165, 1.54) is 0 Å². The number of para-hydroxylation sites is 1. The lowest BCUT2D eigenvalue weighted by Crippen LogP contribution is -2.36. The number of carbonyl (C=O) groups excluding carboxylic acids is 2. The van der Waals surface area contributed by atoms with Crippen LogP contribution in [0.15, 0.2) is 71.1 Å². The van der Waals surface area contributed by atoms with Crippen LogP contribution in [0.1, 0.15) is 49.7 Å². The maximum atomic E-state index is 13.7. The smallest absolute Gasteiger partial charge is 0.336 e. The third-order valence-electron chi connectivity index (χ3n) is 6.50. The molecule has 7 heteroatoms. The predicted molar refractivity (Wildman–Crippen MR) is 141 cm³/mol. The first-order valence-corrected chi connectivity index (χ1v) is 13.3. The lowest BCUT2D eigenvalue weighted by Gasteiger charge is -2.37. The number of methoxy groups -OCH3 is 1. The van der Waals surface area contributed by atoms with Gasteiger partial charge in [0.15, 0.2) is 5.78 Å². The second-order valence-electron chi connectivity index (χ2n) is 8.64. The summed E-state index contributed by atoms with van der Waals surface area (Å²) in [5.41, 5.74) is 4.51. The highest BCUT2D eigenvalue weighted by Gasteiger charge is 2.42. The highest BCUT2D eigenvalue weighted by atomic mass is 35.5. The quantitative estimate of drug-likeness (QED) is 0.346. The van der Waals surface area contributed by atoms with Gasteiger partial charge in [-0.15, -0.1) is 0 Å². The molecule has 0 bridgehead atoms. The highest BCUT2D eigenvalue weighted by Crippen LogP contribution is 2.47. The van der Waals surface area contributed by atoms with Crippen LogP contribution >= 0.6 is 23.4 Å². The van der Waals surface area contributed by atoms with Crippen LogP contribution in [-0.4, -0.2) is 37.0 Å². The van der Waals surface area contributed by atoms with Crippen LogP contribution in [0.3, 0.4) is 0 Å². The zero-order chi connectivity index (χ0) is 24.9. The van der Waals surface area contributed by atoms with Gasteiger partial charge in [-0.25, -0.2) is 4.79 Å².